The zero-order valence-corrected chi connectivity index (χ0v) is 10.8. The average Bonchev–Trinajstić information content (AvgIpc) is 2.44. The normalized spacial score (nSPS) is 9.37. The first kappa shape index (κ1) is 12.8. The maximum absolute atomic E-state index is 9.37. The maximum Gasteiger partial charge on any atom is 0.123 e. The molecule has 3 heteroatoms. The lowest BCUT2D eigenvalue weighted by Crippen LogP contribution is -1.88. The number of hydrogen-bond donors (Lipinski definition) is 1. The second-order valence-electron chi connectivity index (χ2n) is 3.90. The summed E-state index contributed by atoms with van der Waals surface area (Å²) in [4.78, 5) is 0. The second-order valence-corrected chi connectivity index (χ2v) is 3.90. The van der Waals surface area contributed by atoms with Crippen molar-refractivity contribution in [2.45, 2.75) is 0 Å². The Balaban J connectivity index is 2.33. The number of benzene rings is 2. The summed E-state index contributed by atoms with van der Waals surface area (Å²) in [6, 6.07) is 12.3. The molecule has 2 aromatic rings. The SMILES string of the molecule is COc1cc(C#Cc2cccc(O)c2)cc(OC)c1. The molecule has 0 spiro atoms. The highest BCUT2D eigenvalue weighted by molar-refractivity contribution is 5.49. The minimum atomic E-state index is 0.204. The van der Waals surface area contributed by atoms with E-state index in [2.05, 4.69) is 11.8 Å². The molecule has 0 heterocycles. The Morgan fingerprint density at radius 3 is 2.05 bits per heavy atom. The standard InChI is InChI=1S/C16H14O3/c1-18-15-9-13(10-16(11-15)19-2)7-6-12-4-3-5-14(17)8-12/h3-5,8-11,17H,1-2H3. The van der Waals surface area contributed by atoms with Crippen molar-refractivity contribution in [3.63, 3.8) is 0 Å². The molecule has 0 saturated heterocycles. The van der Waals surface area contributed by atoms with Crippen LogP contribution in [-0.2, 0) is 0 Å². The second kappa shape index (κ2) is 5.83. The number of ether oxygens (including phenoxy) is 2. The molecule has 0 fully saturated rings. The van der Waals surface area contributed by atoms with Crippen LogP contribution in [0.3, 0.4) is 0 Å². The summed E-state index contributed by atoms with van der Waals surface area (Å²) in [6.45, 7) is 0. The van der Waals surface area contributed by atoms with E-state index in [0.29, 0.717) is 11.5 Å². The average molecular weight is 254 g/mol. The molecule has 2 aromatic carbocycles. The van der Waals surface area contributed by atoms with E-state index in [-0.39, 0.29) is 5.75 Å². The van der Waals surface area contributed by atoms with E-state index in [1.54, 1.807) is 38.5 Å². The molecule has 0 aliphatic carbocycles. The zero-order valence-electron chi connectivity index (χ0n) is 10.8. The number of hydrogen-bond acceptors (Lipinski definition) is 3. The molecule has 0 aliphatic heterocycles. The van der Waals surface area contributed by atoms with Gasteiger partial charge in [-0.15, -0.1) is 0 Å². The van der Waals surface area contributed by atoms with E-state index in [1.807, 2.05) is 18.2 Å². The Hall–Kier alpha value is -2.60. The van der Waals surface area contributed by atoms with E-state index < -0.39 is 0 Å². The van der Waals surface area contributed by atoms with Gasteiger partial charge in [0.15, 0.2) is 0 Å². The van der Waals surface area contributed by atoms with Gasteiger partial charge in [-0.3, -0.25) is 0 Å². The minimum absolute atomic E-state index is 0.204. The van der Waals surface area contributed by atoms with E-state index >= 15 is 0 Å². The molecule has 0 amide bonds. The number of phenols is 1. The molecule has 0 unspecified atom stereocenters. The lowest BCUT2D eigenvalue weighted by molar-refractivity contribution is 0.394. The summed E-state index contributed by atoms with van der Waals surface area (Å²) in [7, 11) is 3.20. The fourth-order valence-electron chi connectivity index (χ4n) is 1.61. The fourth-order valence-corrected chi connectivity index (χ4v) is 1.61. The van der Waals surface area contributed by atoms with E-state index in [0.717, 1.165) is 11.1 Å². The molecule has 1 N–H and O–H groups in total. The van der Waals surface area contributed by atoms with Crippen LogP contribution in [0.2, 0.25) is 0 Å². The van der Waals surface area contributed by atoms with Crippen molar-refractivity contribution in [3.05, 3.63) is 53.6 Å². The first-order chi connectivity index (χ1) is 9.21. The van der Waals surface area contributed by atoms with Crippen molar-refractivity contribution in [3.8, 4) is 29.1 Å². The third-order valence-corrected chi connectivity index (χ3v) is 2.55. The maximum atomic E-state index is 9.37. The number of phenolic OH excluding ortho intramolecular Hbond substituents is 1. The van der Waals surface area contributed by atoms with Crippen molar-refractivity contribution >= 4 is 0 Å². The number of methoxy groups -OCH3 is 2. The molecule has 0 saturated carbocycles. The van der Waals surface area contributed by atoms with Crippen LogP contribution in [0.25, 0.3) is 0 Å². The number of rotatable bonds is 2. The van der Waals surface area contributed by atoms with Crippen LogP contribution in [0, 0.1) is 11.8 Å². The summed E-state index contributed by atoms with van der Waals surface area (Å²) in [5.74, 6) is 7.59. The molecule has 0 aromatic heterocycles. The molecule has 0 atom stereocenters. The van der Waals surface area contributed by atoms with Gasteiger partial charge in [-0.1, -0.05) is 17.9 Å². The molecule has 19 heavy (non-hydrogen) atoms. The first-order valence-electron chi connectivity index (χ1n) is 5.75. The van der Waals surface area contributed by atoms with Crippen LogP contribution in [0.5, 0.6) is 17.2 Å². The molecule has 2 rings (SSSR count). The van der Waals surface area contributed by atoms with Gasteiger partial charge in [0.1, 0.15) is 17.2 Å². The predicted molar refractivity (Wildman–Crippen MR) is 73.6 cm³/mol. The van der Waals surface area contributed by atoms with Crippen molar-refractivity contribution in [1.82, 2.24) is 0 Å². The van der Waals surface area contributed by atoms with Gasteiger partial charge in [-0.25, -0.2) is 0 Å². The Kier molecular flexibility index (Phi) is 3.94. The fraction of sp³-hybridized carbons (Fsp3) is 0.125. The van der Waals surface area contributed by atoms with E-state index in [1.165, 1.54) is 0 Å². The molecule has 96 valence electrons. The topological polar surface area (TPSA) is 38.7 Å². The Labute approximate surface area is 112 Å². The lowest BCUT2D eigenvalue weighted by Gasteiger charge is -2.04. The van der Waals surface area contributed by atoms with Crippen molar-refractivity contribution in [2.75, 3.05) is 14.2 Å². The molecule has 0 aliphatic rings. The van der Waals surface area contributed by atoms with Gasteiger partial charge < -0.3 is 14.6 Å². The minimum Gasteiger partial charge on any atom is -0.508 e. The van der Waals surface area contributed by atoms with Crippen molar-refractivity contribution in [2.24, 2.45) is 0 Å². The molecule has 3 nitrogen and oxygen atoms in total. The summed E-state index contributed by atoms with van der Waals surface area (Å²) < 4.78 is 10.4. The molecule has 0 bridgehead atoms. The Morgan fingerprint density at radius 1 is 0.842 bits per heavy atom. The van der Waals surface area contributed by atoms with E-state index in [4.69, 9.17) is 9.47 Å². The highest BCUT2D eigenvalue weighted by atomic mass is 16.5. The van der Waals surface area contributed by atoms with Crippen LogP contribution >= 0.6 is 0 Å². The third kappa shape index (κ3) is 3.43. The number of aromatic hydroxyl groups is 1. The summed E-state index contributed by atoms with van der Waals surface area (Å²) >= 11 is 0. The van der Waals surface area contributed by atoms with E-state index in [9.17, 15) is 5.11 Å². The zero-order chi connectivity index (χ0) is 13.7. The Morgan fingerprint density at radius 2 is 1.47 bits per heavy atom. The van der Waals surface area contributed by atoms with Gasteiger partial charge in [0, 0.05) is 17.2 Å². The van der Waals surface area contributed by atoms with Crippen molar-refractivity contribution < 1.29 is 14.6 Å². The van der Waals surface area contributed by atoms with Crippen LogP contribution in [-0.4, -0.2) is 19.3 Å². The monoisotopic (exact) mass is 254 g/mol. The summed E-state index contributed by atoms with van der Waals surface area (Å²) in [6.07, 6.45) is 0. The lowest BCUT2D eigenvalue weighted by atomic mass is 10.1. The highest BCUT2D eigenvalue weighted by Crippen LogP contribution is 2.22. The molecular weight excluding hydrogens is 240 g/mol. The Bertz CT molecular complexity index is 614. The summed E-state index contributed by atoms with van der Waals surface area (Å²) in [5, 5.41) is 9.37. The first-order valence-corrected chi connectivity index (χ1v) is 5.75. The van der Waals surface area contributed by atoms with Gasteiger partial charge in [-0.05, 0) is 30.3 Å². The van der Waals surface area contributed by atoms with Crippen LogP contribution in [0.15, 0.2) is 42.5 Å². The van der Waals surface area contributed by atoms with Gasteiger partial charge in [-0.2, -0.15) is 0 Å². The quantitative estimate of drug-likeness (QED) is 0.837. The van der Waals surface area contributed by atoms with Gasteiger partial charge in [0.25, 0.3) is 0 Å². The third-order valence-electron chi connectivity index (χ3n) is 2.55. The van der Waals surface area contributed by atoms with Crippen LogP contribution in [0.4, 0.5) is 0 Å². The molecule has 0 radical (unpaired) electrons. The highest BCUT2D eigenvalue weighted by Gasteiger charge is 1.99. The van der Waals surface area contributed by atoms with Gasteiger partial charge in [0.2, 0.25) is 0 Å². The summed E-state index contributed by atoms with van der Waals surface area (Å²) in [5.41, 5.74) is 1.54. The van der Waals surface area contributed by atoms with Gasteiger partial charge in [0.05, 0.1) is 14.2 Å². The largest absolute Gasteiger partial charge is 0.508 e. The van der Waals surface area contributed by atoms with Crippen LogP contribution in [0.1, 0.15) is 11.1 Å². The smallest absolute Gasteiger partial charge is 0.123 e. The van der Waals surface area contributed by atoms with Crippen LogP contribution < -0.4 is 9.47 Å². The van der Waals surface area contributed by atoms with Gasteiger partial charge >= 0.3 is 0 Å². The molecular formula is C16H14O3. The van der Waals surface area contributed by atoms with Crippen molar-refractivity contribution in [1.29, 1.82) is 0 Å². The predicted octanol–water partition coefficient (Wildman–Crippen LogP) is 2.81.